The zero-order chi connectivity index (χ0) is 12.1. The van der Waals surface area contributed by atoms with Gasteiger partial charge in [0.2, 0.25) is 0 Å². The van der Waals surface area contributed by atoms with Gasteiger partial charge in [-0.1, -0.05) is 13.0 Å². The number of nitrogens with zero attached hydrogens (tertiary/aromatic N) is 3. The van der Waals surface area contributed by atoms with Crippen LogP contribution >= 0.6 is 0 Å². The number of aryl methyl sites for hydroxylation is 1. The molecular formula is C13H18N4. The van der Waals surface area contributed by atoms with E-state index in [0.29, 0.717) is 6.54 Å². The molecule has 0 bridgehead atoms. The minimum Gasteiger partial charge on any atom is -0.328 e. The van der Waals surface area contributed by atoms with E-state index in [1.165, 1.54) is 0 Å². The van der Waals surface area contributed by atoms with Gasteiger partial charge in [0.15, 0.2) is 0 Å². The van der Waals surface area contributed by atoms with E-state index in [1.807, 2.05) is 24.7 Å². The Hall–Kier alpha value is -1.68. The fraction of sp³-hybridized carbons (Fsp3) is 0.385. The fourth-order valence-corrected chi connectivity index (χ4v) is 2.03. The van der Waals surface area contributed by atoms with E-state index in [0.717, 1.165) is 24.2 Å². The van der Waals surface area contributed by atoms with Gasteiger partial charge in [0, 0.05) is 37.8 Å². The third-order valence-electron chi connectivity index (χ3n) is 2.85. The smallest absolute Gasteiger partial charge is 0.109 e. The summed E-state index contributed by atoms with van der Waals surface area (Å²) in [6, 6.07) is 4.13. The van der Waals surface area contributed by atoms with Gasteiger partial charge in [0.1, 0.15) is 5.82 Å². The van der Waals surface area contributed by atoms with Gasteiger partial charge in [-0.05, 0) is 18.1 Å². The summed E-state index contributed by atoms with van der Waals surface area (Å²) in [5.74, 6) is 1.09. The first-order chi connectivity index (χ1) is 8.36. The van der Waals surface area contributed by atoms with Crippen LogP contribution in [0, 0.1) is 0 Å². The molecule has 0 fully saturated rings. The number of nitrogens with two attached hydrogens (primary N) is 1. The van der Waals surface area contributed by atoms with Gasteiger partial charge in [-0.15, -0.1) is 0 Å². The number of imidazole rings is 1. The van der Waals surface area contributed by atoms with Crippen LogP contribution in [0.3, 0.4) is 0 Å². The summed E-state index contributed by atoms with van der Waals surface area (Å²) in [4.78, 5) is 8.54. The van der Waals surface area contributed by atoms with Crippen molar-refractivity contribution in [3.63, 3.8) is 0 Å². The normalized spacial score (nSPS) is 12.6. The standard InChI is InChI=1S/C13H18N4/c1-2-4-13-16-7-8-17(13)12(9-14)11-5-3-6-15-10-11/h3,5-8,10,12H,2,4,9,14H2,1H3. The van der Waals surface area contributed by atoms with Crippen LogP contribution in [0.1, 0.15) is 30.8 Å². The Morgan fingerprint density at radius 3 is 2.94 bits per heavy atom. The minimum atomic E-state index is 0.132. The lowest BCUT2D eigenvalue weighted by Gasteiger charge is -2.19. The number of hydrogen-bond donors (Lipinski definition) is 1. The molecule has 0 spiro atoms. The largest absolute Gasteiger partial charge is 0.328 e. The van der Waals surface area contributed by atoms with Crippen LogP contribution in [0.4, 0.5) is 0 Å². The molecule has 2 N–H and O–H groups in total. The number of aromatic nitrogens is 3. The molecule has 0 aliphatic heterocycles. The first-order valence-electron chi connectivity index (χ1n) is 5.98. The summed E-state index contributed by atoms with van der Waals surface area (Å²) in [7, 11) is 0. The summed E-state index contributed by atoms with van der Waals surface area (Å²) in [5, 5.41) is 0. The Morgan fingerprint density at radius 1 is 1.41 bits per heavy atom. The SMILES string of the molecule is CCCc1nccn1C(CN)c1cccnc1. The third kappa shape index (κ3) is 2.53. The molecule has 1 atom stereocenters. The van der Waals surface area contributed by atoms with Crippen molar-refractivity contribution in [2.45, 2.75) is 25.8 Å². The molecule has 0 saturated heterocycles. The highest BCUT2D eigenvalue weighted by Crippen LogP contribution is 2.18. The maximum Gasteiger partial charge on any atom is 0.109 e. The van der Waals surface area contributed by atoms with E-state index in [1.54, 1.807) is 6.20 Å². The predicted octanol–water partition coefficient (Wildman–Crippen LogP) is 1.78. The summed E-state index contributed by atoms with van der Waals surface area (Å²) in [5.41, 5.74) is 7.01. The minimum absolute atomic E-state index is 0.132. The van der Waals surface area contributed by atoms with Crippen molar-refractivity contribution in [2.75, 3.05) is 6.54 Å². The summed E-state index contributed by atoms with van der Waals surface area (Å²) < 4.78 is 2.15. The van der Waals surface area contributed by atoms with Crippen molar-refractivity contribution in [3.8, 4) is 0 Å². The second kappa shape index (κ2) is 5.59. The second-order valence-electron chi connectivity index (χ2n) is 4.04. The number of pyridine rings is 1. The maximum absolute atomic E-state index is 5.88. The summed E-state index contributed by atoms with van der Waals surface area (Å²) in [6.07, 6.45) is 9.54. The lowest BCUT2D eigenvalue weighted by molar-refractivity contribution is 0.560. The molecule has 2 heterocycles. The first kappa shape index (κ1) is 11.8. The average molecular weight is 230 g/mol. The molecule has 0 radical (unpaired) electrons. The van der Waals surface area contributed by atoms with Gasteiger partial charge in [0.25, 0.3) is 0 Å². The average Bonchev–Trinajstić information content (AvgIpc) is 2.81. The Bertz CT molecular complexity index is 449. The molecule has 2 aromatic rings. The van der Waals surface area contributed by atoms with Gasteiger partial charge >= 0.3 is 0 Å². The van der Waals surface area contributed by atoms with E-state index < -0.39 is 0 Å². The van der Waals surface area contributed by atoms with Crippen molar-refractivity contribution in [1.82, 2.24) is 14.5 Å². The molecule has 0 aliphatic rings. The van der Waals surface area contributed by atoms with E-state index in [9.17, 15) is 0 Å². The Balaban J connectivity index is 2.32. The van der Waals surface area contributed by atoms with Crippen molar-refractivity contribution in [1.29, 1.82) is 0 Å². The van der Waals surface area contributed by atoms with E-state index >= 15 is 0 Å². The zero-order valence-electron chi connectivity index (χ0n) is 10.1. The Kier molecular flexibility index (Phi) is 3.88. The van der Waals surface area contributed by atoms with Crippen LogP contribution in [0.2, 0.25) is 0 Å². The summed E-state index contributed by atoms with van der Waals surface area (Å²) >= 11 is 0. The van der Waals surface area contributed by atoms with Gasteiger partial charge in [-0.2, -0.15) is 0 Å². The molecule has 0 amide bonds. The van der Waals surface area contributed by atoms with Crippen LogP contribution in [-0.4, -0.2) is 21.1 Å². The highest BCUT2D eigenvalue weighted by molar-refractivity contribution is 5.17. The van der Waals surface area contributed by atoms with Crippen LogP contribution in [-0.2, 0) is 6.42 Å². The molecule has 4 nitrogen and oxygen atoms in total. The molecule has 90 valence electrons. The molecule has 17 heavy (non-hydrogen) atoms. The molecule has 0 aliphatic carbocycles. The van der Waals surface area contributed by atoms with Crippen molar-refractivity contribution < 1.29 is 0 Å². The number of rotatable bonds is 5. The molecule has 2 rings (SSSR count). The molecule has 1 unspecified atom stereocenters. The van der Waals surface area contributed by atoms with Crippen molar-refractivity contribution >= 4 is 0 Å². The van der Waals surface area contributed by atoms with E-state index in [2.05, 4.69) is 27.5 Å². The van der Waals surface area contributed by atoms with Crippen LogP contribution in [0.5, 0.6) is 0 Å². The van der Waals surface area contributed by atoms with Crippen molar-refractivity contribution in [2.24, 2.45) is 5.73 Å². The molecular weight excluding hydrogens is 212 g/mol. The molecule has 2 aromatic heterocycles. The second-order valence-corrected chi connectivity index (χ2v) is 4.04. The van der Waals surface area contributed by atoms with Crippen LogP contribution in [0.25, 0.3) is 0 Å². The molecule has 4 heteroatoms. The van der Waals surface area contributed by atoms with Crippen LogP contribution in [0.15, 0.2) is 36.9 Å². The summed E-state index contributed by atoms with van der Waals surface area (Å²) in [6.45, 7) is 2.71. The van der Waals surface area contributed by atoms with E-state index in [-0.39, 0.29) is 6.04 Å². The topological polar surface area (TPSA) is 56.7 Å². The van der Waals surface area contributed by atoms with Gasteiger partial charge in [-0.3, -0.25) is 4.98 Å². The quantitative estimate of drug-likeness (QED) is 0.851. The monoisotopic (exact) mass is 230 g/mol. The van der Waals surface area contributed by atoms with E-state index in [4.69, 9.17) is 5.73 Å². The van der Waals surface area contributed by atoms with Gasteiger partial charge in [-0.25, -0.2) is 4.98 Å². The van der Waals surface area contributed by atoms with Gasteiger partial charge in [0.05, 0.1) is 6.04 Å². The lowest BCUT2D eigenvalue weighted by atomic mass is 10.1. The number of hydrogen-bond acceptors (Lipinski definition) is 3. The third-order valence-corrected chi connectivity index (χ3v) is 2.85. The fourth-order valence-electron chi connectivity index (χ4n) is 2.03. The molecule has 0 aromatic carbocycles. The Labute approximate surface area is 102 Å². The molecule has 0 saturated carbocycles. The highest BCUT2D eigenvalue weighted by atomic mass is 15.1. The van der Waals surface area contributed by atoms with Gasteiger partial charge < -0.3 is 10.3 Å². The lowest BCUT2D eigenvalue weighted by Crippen LogP contribution is -2.21. The Morgan fingerprint density at radius 2 is 2.29 bits per heavy atom. The highest BCUT2D eigenvalue weighted by Gasteiger charge is 2.14. The van der Waals surface area contributed by atoms with Crippen molar-refractivity contribution in [3.05, 3.63) is 48.3 Å². The van der Waals surface area contributed by atoms with Crippen LogP contribution < -0.4 is 5.73 Å². The first-order valence-corrected chi connectivity index (χ1v) is 5.98. The predicted molar refractivity (Wildman–Crippen MR) is 67.7 cm³/mol. The maximum atomic E-state index is 5.88. The zero-order valence-corrected chi connectivity index (χ0v) is 10.1.